The topological polar surface area (TPSA) is 31.9 Å². The van der Waals surface area contributed by atoms with Crippen LogP contribution in [-0.4, -0.2) is 45.7 Å². The fourth-order valence-corrected chi connectivity index (χ4v) is 5.34. The predicted octanol–water partition coefficient (Wildman–Crippen LogP) is 4.08. The summed E-state index contributed by atoms with van der Waals surface area (Å²) >= 11 is 2.12. The van der Waals surface area contributed by atoms with E-state index in [1.165, 1.54) is 67.1 Å². The molecule has 0 saturated carbocycles. The monoisotopic (exact) mass is 341 g/mol. The van der Waals surface area contributed by atoms with Crippen LogP contribution in [0.2, 0.25) is 0 Å². The second kappa shape index (κ2) is 7.75. The molecule has 24 heavy (non-hydrogen) atoms. The molecule has 0 unspecified atom stereocenters. The number of nitrogens with zero attached hydrogens (tertiary/aromatic N) is 2. The van der Waals surface area contributed by atoms with Crippen molar-refractivity contribution in [3.05, 3.63) is 53.3 Å². The van der Waals surface area contributed by atoms with Gasteiger partial charge in [-0.05, 0) is 54.9 Å². The Bertz CT molecular complexity index is 633. The summed E-state index contributed by atoms with van der Waals surface area (Å²) in [6, 6.07) is 11.6. The number of benzene rings is 1. The summed E-state index contributed by atoms with van der Waals surface area (Å²) in [5.74, 6) is 3.30. The molecule has 2 aromatic rings. The quantitative estimate of drug-likeness (QED) is 0.909. The third-order valence-corrected chi connectivity index (χ3v) is 6.61. The van der Waals surface area contributed by atoms with E-state index in [9.17, 15) is 0 Å². The average Bonchev–Trinajstić information content (AvgIpc) is 3.12. The molecular formula is C20H27N3S. The fourth-order valence-electron chi connectivity index (χ4n) is 4.26. The summed E-state index contributed by atoms with van der Waals surface area (Å²) < 4.78 is 0. The Morgan fingerprint density at radius 2 is 1.96 bits per heavy atom. The van der Waals surface area contributed by atoms with E-state index in [2.05, 4.69) is 57.2 Å². The predicted molar refractivity (Wildman–Crippen MR) is 102 cm³/mol. The van der Waals surface area contributed by atoms with Crippen molar-refractivity contribution in [2.24, 2.45) is 0 Å². The van der Waals surface area contributed by atoms with Gasteiger partial charge in [-0.25, -0.2) is 0 Å². The number of hydrogen-bond acceptors (Lipinski definition) is 3. The first-order valence-corrected chi connectivity index (χ1v) is 10.4. The number of aromatic nitrogens is 2. The zero-order chi connectivity index (χ0) is 16.2. The van der Waals surface area contributed by atoms with Gasteiger partial charge in [0.2, 0.25) is 0 Å². The van der Waals surface area contributed by atoms with Crippen molar-refractivity contribution in [2.45, 2.75) is 44.1 Å². The van der Waals surface area contributed by atoms with Gasteiger partial charge in [0.25, 0.3) is 0 Å². The van der Waals surface area contributed by atoms with Gasteiger partial charge in [0.1, 0.15) is 0 Å². The summed E-state index contributed by atoms with van der Waals surface area (Å²) in [6.45, 7) is 2.49. The molecule has 1 atom stereocenters. The second-order valence-corrected chi connectivity index (χ2v) is 8.37. The molecule has 4 heteroatoms. The van der Waals surface area contributed by atoms with Crippen LogP contribution in [0.1, 0.15) is 48.4 Å². The van der Waals surface area contributed by atoms with E-state index in [4.69, 9.17) is 0 Å². The highest BCUT2D eigenvalue weighted by atomic mass is 32.2. The molecule has 128 valence electrons. The zero-order valence-corrected chi connectivity index (χ0v) is 15.1. The summed E-state index contributed by atoms with van der Waals surface area (Å²) in [5.41, 5.74) is 4.14. The van der Waals surface area contributed by atoms with Gasteiger partial charge in [0.05, 0.1) is 6.20 Å². The summed E-state index contributed by atoms with van der Waals surface area (Å²) in [4.78, 5) is 2.76. The van der Waals surface area contributed by atoms with Crippen molar-refractivity contribution < 1.29 is 0 Å². The molecule has 0 spiro atoms. The van der Waals surface area contributed by atoms with Gasteiger partial charge >= 0.3 is 0 Å². The van der Waals surface area contributed by atoms with E-state index in [-0.39, 0.29) is 0 Å². The number of H-pyrrole nitrogens is 1. The highest BCUT2D eigenvalue weighted by molar-refractivity contribution is 7.99. The average molecular weight is 342 g/mol. The van der Waals surface area contributed by atoms with Crippen LogP contribution < -0.4 is 0 Å². The molecule has 2 saturated heterocycles. The van der Waals surface area contributed by atoms with Gasteiger partial charge in [-0.15, -0.1) is 0 Å². The Balaban J connectivity index is 1.46. The van der Waals surface area contributed by atoms with Crippen LogP contribution in [0.5, 0.6) is 0 Å². The van der Waals surface area contributed by atoms with E-state index in [1.807, 2.05) is 6.20 Å². The molecule has 0 bridgehead atoms. The fraction of sp³-hybridized carbons (Fsp3) is 0.550. The van der Waals surface area contributed by atoms with Crippen molar-refractivity contribution in [1.29, 1.82) is 0 Å². The lowest BCUT2D eigenvalue weighted by Gasteiger charge is -2.39. The molecule has 0 radical (unpaired) electrons. The van der Waals surface area contributed by atoms with E-state index in [0.29, 0.717) is 5.92 Å². The Kier molecular flexibility index (Phi) is 5.24. The Morgan fingerprint density at radius 3 is 2.79 bits per heavy atom. The minimum Gasteiger partial charge on any atom is -0.300 e. The molecule has 1 aromatic carbocycles. The lowest BCUT2D eigenvalue weighted by atomic mass is 9.89. The summed E-state index contributed by atoms with van der Waals surface area (Å²) in [6.07, 6.45) is 8.39. The van der Waals surface area contributed by atoms with Crippen LogP contribution in [0.3, 0.4) is 0 Å². The van der Waals surface area contributed by atoms with Crippen molar-refractivity contribution in [3.8, 4) is 0 Å². The van der Waals surface area contributed by atoms with Gasteiger partial charge in [-0.2, -0.15) is 16.9 Å². The van der Waals surface area contributed by atoms with E-state index < -0.39 is 0 Å². The molecule has 0 amide bonds. The number of piperidine rings is 1. The molecule has 2 aliphatic heterocycles. The lowest BCUT2D eigenvalue weighted by molar-refractivity contribution is 0.139. The standard InChI is InChI=1S/C20H27N3S/c1-2-5-16(6-3-1)13-18-14-21-22-20(18)17-7-4-10-23(15-17)19-8-11-24-12-9-19/h1-3,5-6,14,17,19H,4,7-13,15H2,(H,21,22)/t17-/m1/s1. The van der Waals surface area contributed by atoms with Crippen LogP contribution in [0.15, 0.2) is 36.5 Å². The highest BCUT2D eigenvalue weighted by Gasteiger charge is 2.29. The van der Waals surface area contributed by atoms with Gasteiger partial charge in [0, 0.05) is 30.6 Å². The van der Waals surface area contributed by atoms with Crippen LogP contribution >= 0.6 is 11.8 Å². The van der Waals surface area contributed by atoms with Crippen LogP contribution in [0.4, 0.5) is 0 Å². The number of likely N-dealkylation sites (tertiary alicyclic amines) is 1. The molecule has 2 fully saturated rings. The van der Waals surface area contributed by atoms with Crippen LogP contribution in [0.25, 0.3) is 0 Å². The highest BCUT2D eigenvalue weighted by Crippen LogP contribution is 2.32. The number of rotatable bonds is 4. The lowest BCUT2D eigenvalue weighted by Crippen LogP contribution is -2.43. The van der Waals surface area contributed by atoms with Gasteiger partial charge in [0.15, 0.2) is 0 Å². The SMILES string of the molecule is c1ccc(Cc2cn[nH]c2[C@@H]2CCCN(C3CCSCC3)C2)cc1. The Hall–Kier alpha value is -1.26. The molecule has 2 aliphatic rings. The second-order valence-electron chi connectivity index (χ2n) is 7.15. The number of thioether (sulfide) groups is 1. The zero-order valence-electron chi connectivity index (χ0n) is 14.3. The smallest absolute Gasteiger partial charge is 0.0525 e. The third-order valence-electron chi connectivity index (χ3n) is 5.56. The number of nitrogens with one attached hydrogen (secondary N) is 1. The van der Waals surface area contributed by atoms with Crippen LogP contribution in [-0.2, 0) is 6.42 Å². The van der Waals surface area contributed by atoms with Gasteiger partial charge in [-0.3, -0.25) is 10.00 Å². The third kappa shape index (κ3) is 3.70. The van der Waals surface area contributed by atoms with Crippen molar-refractivity contribution in [2.75, 3.05) is 24.6 Å². The molecule has 3 heterocycles. The minimum atomic E-state index is 0.620. The van der Waals surface area contributed by atoms with E-state index in [0.717, 1.165) is 12.5 Å². The van der Waals surface area contributed by atoms with Gasteiger partial charge in [-0.1, -0.05) is 30.3 Å². The first kappa shape index (κ1) is 16.2. The summed E-state index contributed by atoms with van der Waals surface area (Å²) in [5, 5.41) is 7.72. The van der Waals surface area contributed by atoms with E-state index >= 15 is 0 Å². The van der Waals surface area contributed by atoms with Crippen molar-refractivity contribution in [1.82, 2.24) is 15.1 Å². The molecular weight excluding hydrogens is 314 g/mol. The maximum atomic E-state index is 4.38. The van der Waals surface area contributed by atoms with Crippen LogP contribution in [0, 0.1) is 0 Å². The number of hydrogen-bond donors (Lipinski definition) is 1. The van der Waals surface area contributed by atoms with E-state index in [1.54, 1.807) is 0 Å². The minimum absolute atomic E-state index is 0.620. The molecule has 1 N–H and O–H groups in total. The summed E-state index contributed by atoms with van der Waals surface area (Å²) in [7, 11) is 0. The largest absolute Gasteiger partial charge is 0.300 e. The van der Waals surface area contributed by atoms with Crippen molar-refractivity contribution >= 4 is 11.8 Å². The first-order chi connectivity index (χ1) is 11.9. The maximum Gasteiger partial charge on any atom is 0.0525 e. The molecule has 3 nitrogen and oxygen atoms in total. The maximum absolute atomic E-state index is 4.38. The first-order valence-electron chi connectivity index (χ1n) is 9.28. The van der Waals surface area contributed by atoms with Crippen molar-refractivity contribution in [3.63, 3.8) is 0 Å². The molecule has 4 rings (SSSR count). The Morgan fingerprint density at radius 1 is 1.12 bits per heavy atom. The Labute approximate surface area is 149 Å². The normalized spacial score (nSPS) is 23.4. The molecule has 0 aliphatic carbocycles. The number of aromatic amines is 1. The molecule has 1 aromatic heterocycles. The van der Waals surface area contributed by atoms with Gasteiger partial charge < -0.3 is 0 Å².